The van der Waals surface area contributed by atoms with Gasteiger partial charge < -0.3 is 5.73 Å². The van der Waals surface area contributed by atoms with E-state index in [-0.39, 0.29) is 0 Å². The van der Waals surface area contributed by atoms with Gasteiger partial charge >= 0.3 is 0 Å². The molecule has 2 N–H and O–H groups in total. The van der Waals surface area contributed by atoms with Crippen molar-refractivity contribution in [3.63, 3.8) is 0 Å². The van der Waals surface area contributed by atoms with Gasteiger partial charge in [0, 0.05) is 12.0 Å². The molecule has 2 aromatic rings. The second-order valence-electron chi connectivity index (χ2n) is 4.85. The van der Waals surface area contributed by atoms with Crippen molar-refractivity contribution in [1.29, 1.82) is 0 Å². The summed E-state index contributed by atoms with van der Waals surface area (Å²) in [6, 6.07) is 21.7. The van der Waals surface area contributed by atoms with Gasteiger partial charge in [-0.15, -0.1) is 0 Å². The molecule has 0 aromatic heterocycles. The lowest BCUT2D eigenvalue weighted by Gasteiger charge is -2.43. The third-order valence-electron chi connectivity index (χ3n) is 3.83. The molecule has 1 fully saturated rings. The van der Waals surface area contributed by atoms with Gasteiger partial charge in [-0.3, -0.25) is 0 Å². The van der Waals surface area contributed by atoms with Crippen molar-refractivity contribution in [2.75, 3.05) is 0 Å². The summed E-state index contributed by atoms with van der Waals surface area (Å²) in [5.41, 5.74) is 8.98. The first-order valence-corrected chi connectivity index (χ1v) is 6.22. The summed E-state index contributed by atoms with van der Waals surface area (Å²) < 4.78 is 0. The summed E-state index contributed by atoms with van der Waals surface area (Å²) in [5, 5.41) is 0. The van der Waals surface area contributed by atoms with Crippen LogP contribution in [0.3, 0.4) is 0 Å². The van der Waals surface area contributed by atoms with E-state index in [0.717, 1.165) is 6.42 Å². The Kier molecular flexibility index (Phi) is 2.69. The van der Waals surface area contributed by atoms with Crippen LogP contribution in [-0.2, 0) is 0 Å². The average Bonchev–Trinajstić information content (AvgIpc) is 2.38. The van der Waals surface area contributed by atoms with Crippen LogP contribution in [0.1, 0.15) is 29.4 Å². The molecule has 3 atom stereocenters. The van der Waals surface area contributed by atoms with Gasteiger partial charge in [0.25, 0.3) is 0 Å². The molecule has 0 spiro atoms. The van der Waals surface area contributed by atoms with Crippen LogP contribution in [-0.4, -0.2) is 6.04 Å². The third kappa shape index (κ3) is 1.87. The van der Waals surface area contributed by atoms with Gasteiger partial charge in [0.2, 0.25) is 0 Å². The van der Waals surface area contributed by atoms with E-state index < -0.39 is 0 Å². The van der Waals surface area contributed by atoms with Gasteiger partial charge in [0.05, 0.1) is 0 Å². The largest absolute Gasteiger partial charge is 0.327 e. The molecule has 1 heteroatoms. The molecule has 1 nitrogen and oxygen atoms in total. The van der Waals surface area contributed by atoms with E-state index in [0.29, 0.717) is 17.9 Å². The summed E-state index contributed by atoms with van der Waals surface area (Å²) in [6.45, 7) is 0. The number of hydrogen-bond donors (Lipinski definition) is 1. The van der Waals surface area contributed by atoms with Crippen LogP contribution in [0.2, 0.25) is 0 Å². The SMILES string of the molecule is NC1CC(c2ccccc2)C1c1ccccc1. The fourth-order valence-corrected chi connectivity index (χ4v) is 2.89. The Bertz CT molecular complexity index is 477. The monoisotopic (exact) mass is 223 g/mol. The summed E-state index contributed by atoms with van der Waals surface area (Å²) >= 11 is 0. The maximum atomic E-state index is 6.18. The Labute approximate surface area is 102 Å². The first-order chi connectivity index (χ1) is 8.36. The lowest BCUT2D eigenvalue weighted by molar-refractivity contribution is 0.287. The molecule has 86 valence electrons. The van der Waals surface area contributed by atoms with Crippen LogP contribution in [0.15, 0.2) is 60.7 Å². The second-order valence-corrected chi connectivity index (χ2v) is 4.85. The Morgan fingerprint density at radius 2 is 1.29 bits per heavy atom. The van der Waals surface area contributed by atoms with Gasteiger partial charge in [-0.25, -0.2) is 0 Å². The normalized spacial score (nSPS) is 27.5. The lowest BCUT2D eigenvalue weighted by atomic mass is 9.63. The molecule has 3 unspecified atom stereocenters. The van der Waals surface area contributed by atoms with E-state index in [4.69, 9.17) is 5.73 Å². The van der Waals surface area contributed by atoms with Crippen LogP contribution in [0.25, 0.3) is 0 Å². The van der Waals surface area contributed by atoms with Crippen molar-refractivity contribution in [1.82, 2.24) is 0 Å². The average molecular weight is 223 g/mol. The summed E-state index contributed by atoms with van der Waals surface area (Å²) in [4.78, 5) is 0. The van der Waals surface area contributed by atoms with Crippen molar-refractivity contribution in [3.8, 4) is 0 Å². The van der Waals surface area contributed by atoms with Gasteiger partial charge in [-0.05, 0) is 23.5 Å². The molecule has 3 rings (SSSR count). The van der Waals surface area contributed by atoms with E-state index in [1.807, 2.05) is 0 Å². The highest BCUT2D eigenvalue weighted by atomic mass is 14.7. The fourth-order valence-electron chi connectivity index (χ4n) is 2.89. The van der Waals surface area contributed by atoms with E-state index in [2.05, 4.69) is 60.7 Å². The third-order valence-corrected chi connectivity index (χ3v) is 3.83. The maximum absolute atomic E-state index is 6.18. The van der Waals surface area contributed by atoms with Crippen LogP contribution >= 0.6 is 0 Å². The molecule has 0 bridgehead atoms. The van der Waals surface area contributed by atoms with Crippen LogP contribution in [0, 0.1) is 0 Å². The lowest BCUT2D eigenvalue weighted by Crippen LogP contribution is -2.43. The predicted molar refractivity (Wildman–Crippen MR) is 71.0 cm³/mol. The zero-order valence-corrected chi connectivity index (χ0v) is 9.79. The zero-order chi connectivity index (χ0) is 11.7. The highest BCUT2D eigenvalue weighted by Gasteiger charge is 2.40. The van der Waals surface area contributed by atoms with E-state index in [1.165, 1.54) is 11.1 Å². The van der Waals surface area contributed by atoms with Gasteiger partial charge in [0.15, 0.2) is 0 Å². The first-order valence-electron chi connectivity index (χ1n) is 6.22. The Morgan fingerprint density at radius 1 is 0.765 bits per heavy atom. The molecule has 0 aliphatic heterocycles. The Morgan fingerprint density at radius 3 is 1.82 bits per heavy atom. The quantitative estimate of drug-likeness (QED) is 0.830. The van der Waals surface area contributed by atoms with Crippen molar-refractivity contribution in [2.45, 2.75) is 24.3 Å². The predicted octanol–water partition coefficient (Wildman–Crippen LogP) is 3.29. The zero-order valence-electron chi connectivity index (χ0n) is 9.79. The molecule has 1 aliphatic carbocycles. The molecule has 1 aliphatic rings. The summed E-state index contributed by atoms with van der Waals surface area (Å²) in [7, 11) is 0. The summed E-state index contributed by atoms with van der Waals surface area (Å²) in [6.07, 6.45) is 1.10. The van der Waals surface area contributed by atoms with Crippen LogP contribution < -0.4 is 5.73 Å². The molecule has 1 saturated carbocycles. The number of nitrogens with two attached hydrogens (primary N) is 1. The van der Waals surface area contributed by atoms with E-state index in [1.54, 1.807) is 0 Å². The van der Waals surface area contributed by atoms with Crippen molar-refractivity contribution >= 4 is 0 Å². The number of benzene rings is 2. The Balaban J connectivity index is 1.89. The standard InChI is InChI=1S/C16H17N/c17-15-11-14(12-7-3-1-4-8-12)16(15)13-9-5-2-6-10-13/h1-10,14-16H,11,17H2. The molecule has 0 radical (unpaired) electrons. The van der Waals surface area contributed by atoms with Gasteiger partial charge in [0.1, 0.15) is 0 Å². The van der Waals surface area contributed by atoms with Gasteiger partial charge in [-0.1, -0.05) is 60.7 Å². The van der Waals surface area contributed by atoms with E-state index >= 15 is 0 Å². The molecular weight excluding hydrogens is 206 g/mol. The summed E-state index contributed by atoms with van der Waals surface area (Å²) in [5.74, 6) is 1.08. The second kappa shape index (κ2) is 4.34. The highest BCUT2D eigenvalue weighted by molar-refractivity contribution is 5.34. The van der Waals surface area contributed by atoms with Crippen molar-refractivity contribution in [2.24, 2.45) is 5.73 Å². The van der Waals surface area contributed by atoms with Crippen LogP contribution in [0.5, 0.6) is 0 Å². The van der Waals surface area contributed by atoms with Crippen molar-refractivity contribution < 1.29 is 0 Å². The highest BCUT2D eigenvalue weighted by Crippen LogP contribution is 2.47. The fraction of sp³-hybridized carbons (Fsp3) is 0.250. The smallest absolute Gasteiger partial charge is 0.0120 e. The van der Waals surface area contributed by atoms with Crippen LogP contribution in [0.4, 0.5) is 0 Å². The number of hydrogen-bond acceptors (Lipinski definition) is 1. The molecule has 0 heterocycles. The minimum atomic E-state index is 0.308. The molecule has 17 heavy (non-hydrogen) atoms. The van der Waals surface area contributed by atoms with E-state index in [9.17, 15) is 0 Å². The first kappa shape index (κ1) is 10.5. The minimum absolute atomic E-state index is 0.308. The topological polar surface area (TPSA) is 26.0 Å². The minimum Gasteiger partial charge on any atom is -0.327 e. The van der Waals surface area contributed by atoms with Gasteiger partial charge in [-0.2, -0.15) is 0 Å². The molecular formula is C16H17N. The molecule has 0 saturated heterocycles. The number of rotatable bonds is 2. The maximum Gasteiger partial charge on any atom is 0.0120 e. The van der Waals surface area contributed by atoms with Crippen molar-refractivity contribution in [3.05, 3.63) is 71.8 Å². The molecule has 0 amide bonds. The molecule has 2 aromatic carbocycles. The Hall–Kier alpha value is -1.60.